The highest BCUT2D eigenvalue weighted by atomic mass is 79.9. The van der Waals surface area contributed by atoms with Gasteiger partial charge in [-0.15, -0.1) is 0 Å². The van der Waals surface area contributed by atoms with Crippen LogP contribution in [0.2, 0.25) is 0 Å². The van der Waals surface area contributed by atoms with Crippen molar-refractivity contribution < 1.29 is 5.11 Å². The molecule has 0 bridgehead atoms. The smallest absolute Gasteiger partial charge is 0.140 e. The second-order valence-electron chi connectivity index (χ2n) is 4.29. The topological polar surface area (TPSA) is 37.5 Å². The van der Waals surface area contributed by atoms with Crippen LogP contribution in [0, 0.1) is 6.92 Å². The van der Waals surface area contributed by atoms with Gasteiger partial charge in [-0.05, 0) is 40.4 Å². The number of aliphatic hydroxyl groups is 1. The van der Waals surface area contributed by atoms with Crippen LogP contribution in [0.3, 0.4) is 0 Å². The summed E-state index contributed by atoms with van der Waals surface area (Å²) in [6.07, 6.45) is 1.95. The number of imidazole rings is 1. The van der Waals surface area contributed by atoms with E-state index in [2.05, 4.69) is 34.8 Å². The highest BCUT2D eigenvalue weighted by Gasteiger charge is 2.15. The van der Waals surface area contributed by atoms with Gasteiger partial charge in [-0.2, -0.15) is 0 Å². The van der Waals surface area contributed by atoms with E-state index in [0.717, 1.165) is 27.1 Å². The first-order valence-electron chi connectivity index (χ1n) is 5.32. The van der Waals surface area contributed by atoms with Gasteiger partial charge in [0.05, 0.1) is 18.0 Å². The number of halogens is 1. The Morgan fingerprint density at radius 1 is 1.50 bits per heavy atom. The molecule has 0 aliphatic heterocycles. The number of nitrogens with zero attached hydrogens (tertiary/aromatic N) is 2. The molecule has 0 saturated heterocycles. The molecule has 2 rings (SSSR count). The maximum absolute atomic E-state index is 9.46. The third-order valence-electron chi connectivity index (χ3n) is 2.70. The van der Waals surface area contributed by atoms with Gasteiger partial charge in [-0.3, -0.25) is 0 Å². The molecule has 2 heterocycles. The van der Waals surface area contributed by atoms with Crippen LogP contribution in [-0.2, 0) is 6.61 Å². The summed E-state index contributed by atoms with van der Waals surface area (Å²) in [5.74, 6) is 0.320. The van der Waals surface area contributed by atoms with Crippen molar-refractivity contribution in [2.24, 2.45) is 0 Å². The normalized spacial score (nSPS) is 11.6. The predicted octanol–water partition coefficient (Wildman–Crippen LogP) is 3.02. The minimum atomic E-state index is 0.0184. The summed E-state index contributed by atoms with van der Waals surface area (Å²) in [6, 6.07) is 2.04. The Morgan fingerprint density at radius 2 is 2.19 bits per heavy atom. The van der Waals surface area contributed by atoms with Crippen molar-refractivity contribution >= 4 is 21.6 Å². The summed E-state index contributed by atoms with van der Waals surface area (Å²) >= 11 is 3.46. The van der Waals surface area contributed by atoms with Crippen molar-refractivity contribution in [1.29, 1.82) is 0 Å². The number of aromatic nitrogens is 2. The van der Waals surface area contributed by atoms with Crippen molar-refractivity contribution in [2.45, 2.75) is 33.3 Å². The van der Waals surface area contributed by atoms with Crippen LogP contribution in [0.15, 0.2) is 16.7 Å². The van der Waals surface area contributed by atoms with Crippen molar-refractivity contribution in [3.05, 3.63) is 33.7 Å². The lowest BCUT2D eigenvalue weighted by Crippen LogP contribution is -1.98. The van der Waals surface area contributed by atoms with Crippen molar-refractivity contribution in [3.8, 4) is 0 Å². The predicted molar refractivity (Wildman–Crippen MR) is 67.6 cm³/mol. The maximum Gasteiger partial charge on any atom is 0.140 e. The largest absolute Gasteiger partial charge is 0.390 e. The Kier molecular flexibility index (Phi) is 3.04. The van der Waals surface area contributed by atoms with Crippen LogP contribution in [0.4, 0.5) is 0 Å². The van der Waals surface area contributed by atoms with Gasteiger partial charge < -0.3 is 9.51 Å². The molecule has 1 N–H and O–H groups in total. The van der Waals surface area contributed by atoms with E-state index < -0.39 is 0 Å². The monoisotopic (exact) mass is 282 g/mol. The molecule has 0 saturated carbocycles. The zero-order valence-corrected chi connectivity index (χ0v) is 11.2. The van der Waals surface area contributed by atoms with Crippen LogP contribution in [-0.4, -0.2) is 14.5 Å². The zero-order chi connectivity index (χ0) is 11.9. The first-order valence-corrected chi connectivity index (χ1v) is 6.11. The minimum Gasteiger partial charge on any atom is -0.390 e. The fraction of sp³-hybridized carbons (Fsp3) is 0.417. The number of hydrogen-bond donors (Lipinski definition) is 1. The molecule has 3 nitrogen and oxygen atoms in total. The van der Waals surface area contributed by atoms with Gasteiger partial charge >= 0.3 is 0 Å². The summed E-state index contributed by atoms with van der Waals surface area (Å²) in [5.41, 5.74) is 3.89. The van der Waals surface area contributed by atoms with Crippen molar-refractivity contribution in [1.82, 2.24) is 9.38 Å². The highest BCUT2D eigenvalue weighted by molar-refractivity contribution is 9.10. The van der Waals surface area contributed by atoms with Crippen molar-refractivity contribution in [3.63, 3.8) is 0 Å². The van der Waals surface area contributed by atoms with E-state index in [0.29, 0.717) is 5.92 Å². The van der Waals surface area contributed by atoms with Gasteiger partial charge in [-0.1, -0.05) is 13.8 Å². The number of fused-ring (bicyclic) bond motifs is 1. The van der Waals surface area contributed by atoms with Crippen LogP contribution < -0.4 is 0 Å². The maximum atomic E-state index is 9.46. The number of hydrogen-bond acceptors (Lipinski definition) is 2. The molecule has 0 radical (unpaired) electrons. The Morgan fingerprint density at radius 3 is 2.75 bits per heavy atom. The van der Waals surface area contributed by atoms with Gasteiger partial charge in [-0.25, -0.2) is 4.98 Å². The van der Waals surface area contributed by atoms with Gasteiger partial charge in [0.2, 0.25) is 0 Å². The van der Waals surface area contributed by atoms with Crippen LogP contribution in [0.5, 0.6) is 0 Å². The highest BCUT2D eigenvalue weighted by Crippen LogP contribution is 2.24. The Hall–Kier alpha value is -0.870. The Bertz CT molecular complexity index is 531. The fourth-order valence-electron chi connectivity index (χ4n) is 1.95. The van der Waals surface area contributed by atoms with E-state index >= 15 is 0 Å². The van der Waals surface area contributed by atoms with E-state index in [1.807, 2.05) is 23.6 Å². The van der Waals surface area contributed by atoms with Crippen LogP contribution in [0.25, 0.3) is 5.65 Å². The molecule has 4 heteroatoms. The molecule has 86 valence electrons. The molecule has 0 aliphatic rings. The molecular formula is C12H15BrN2O. The van der Waals surface area contributed by atoms with E-state index in [9.17, 15) is 5.11 Å². The lowest BCUT2D eigenvalue weighted by atomic mass is 10.1. The molecule has 2 aromatic heterocycles. The molecule has 0 atom stereocenters. The second kappa shape index (κ2) is 4.18. The minimum absolute atomic E-state index is 0.0184. The molecule has 16 heavy (non-hydrogen) atoms. The van der Waals surface area contributed by atoms with Gasteiger partial charge in [0.25, 0.3) is 0 Å². The second-order valence-corrected chi connectivity index (χ2v) is 5.21. The third kappa shape index (κ3) is 1.76. The Labute approximate surface area is 103 Å². The molecule has 0 aromatic carbocycles. The lowest BCUT2D eigenvalue weighted by molar-refractivity contribution is 0.274. The number of rotatable bonds is 2. The van der Waals surface area contributed by atoms with Gasteiger partial charge in [0.1, 0.15) is 5.65 Å². The van der Waals surface area contributed by atoms with E-state index in [1.54, 1.807) is 0 Å². The summed E-state index contributed by atoms with van der Waals surface area (Å²) in [7, 11) is 0. The molecule has 0 fully saturated rings. The summed E-state index contributed by atoms with van der Waals surface area (Å²) in [6.45, 7) is 6.22. The summed E-state index contributed by atoms with van der Waals surface area (Å²) < 4.78 is 2.97. The Balaban J connectivity index is 2.82. The quantitative estimate of drug-likeness (QED) is 0.920. The standard InChI is InChI=1S/C12H15BrN2O/c1-7(2)11-10(6-16)15-5-9(13)4-8(3)12(15)14-11/h4-5,7,16H,6H2,1-3H3. The molecule has 2 aromatic rings. The number of aliphatic hydroxyl groups excluding tert-OH is 1. The SMILES string of the molecule is Cc1cc(Br)cn2c(CO)c(C(C)C)nc12. The van der Waals surface area contributed by atoms with Gasteiger partial charge in [0, 0.05) is 10.7 Å². The molecule has 0 unspecified atom stereocenters. The molecule has 0 spiro atoms. The van der Waals surface area contributed by atoms with E-state index in [1.165, 1.54) is 0 Å². The van der Waals surface area contributed by atoms with Crippen molar-refractivity contribution in [2.75, 3.05) is 0 Å². The first-order chi connectivity index (χ1) is 7.54. The first kappa shape index (κ1) is 11.6. The summed E-state index contributed by atoms with van der Waals surface area (Å²) in [4.78, 5) is 4.61. The van der Waals surface area contributed by atoms with Gasteiger partial charge in [0.15, 0.2) is 0 Å². The molecule has 0 aliphatic carbocycles. The van der Waals surface area contributed by atoms with Crippen LogP contribution in [0.1, 0.15) is 36.7 Å². The molecular weight excluding hydrogens is 268 g/mol. The number of pyridine rings is 1. The van der Waals surface area contributed by atoms with E-state index in [-0.39, 0.29) is 6.61 Å². The van der Waals surface area contributed by atoms with Crippen LogP contribution >= 0.6 is 15.9 Å². The lowest BCUT2D eigenvalue weighted by Gasteiger charge is -2.04. The third-order valence-corrected chi connectivity index (χ3v) is 3.13. The summed E-state index contributed by atoms with van der Waals surface area (Å²) in [5, 5.41) is 9.46. The zero-order valence-electron chi connectivity index (χ0n) is 9.66. The average molecular weight is 283 g/mol. The fourth-order valence-corrected chi connectivity index (χ4v) is 2.50. The molecule has 0 amide bonds. The number of aryl methyl sites for hydroxylation is 1. The van der Waals surface area contributed by atoms with E-state index in [4.69, 9.17) is 0 Å². The average Bonchev–Trinajstić information content (AvgIpc) is 2.56.